The third-order valence-electron chi connectivity index (χ3n) is 6.64. The van der Waals surface area contributed by atoms with E-state index in [0.717, 1.165) is 49.1 Å². The van der Waals surface area contributed by atoms with E-state index >= 15 is 0 Å². The molecule has 0 saturated heterocycles. The maximum atomic E-state index is 13.7. The lowest BCUT2D eigenvalue weighted by Gasteiger charge is -2.32. The van der Waals surface area contributed by atoms with E-state index in [2.05, 4.69) is 45.1 Å². The maximum Gasteiger partial charge on any atom is 0.123 e. The van der Waals surface area contributed by atoms with Crippen molar-refractivity contribution < 1.29 is 4.39 Å². The van der Waals surface area contributed by atoms with Crippen molar-refractivity contribution in [1.29, 1.82) is 0 Å². The Morgan fingerprint density at radius 2 is 1.87 bits per heavy atom. The average molecular weight is 404 g/mol. The third kappa shape index (κ3) is 4.01. The van der Waals surface area contributed by atoms with Crippen molar-refractivity contribution in [3.63, 3.8) is 0 Å². The summed E-state index contributed by atoms with van der Waals surface area (Å²) in [6, 6.07) is 13.9. The number of aromatic nitrogens is 1. The number of anilines is 1. The Morgan fingerprint density at radius 3 is 2.77 bits per heavy atom. The molecule has 4 heteroatoms. The highest BCUT2D eigenvalue weighted by atomic mass is 19.1. The van der Waals surface area contributed by atoms with Gasteiger partial charge in [-0.15, -0.1) is 0 Å². The van der Waals surface area contributed by atoms with Gasteiger partial charge in [0.25, 0.3) is 0 Å². The summed E-state index contributed by atoms with van der Waals surface area (Å²) in [5, 5.41) is 0.997. The van der Waals surface area contributed by atoms with Crippen molar-refractivity contribution in [3.05, 3.63) is 71.7 Å². The summed E-state index contributed by atoms with van der Waals surface area (Å²) in [7, 11) is 0. The van der Waals surface area contributed by atoms with Crippen LogP contribution in [0.5, 0.6) is 0 Å². The van der Waals surface area contributed by atoms with Crippen molar-refractivity contribution in [2.75, 3.05) is 37.6 Å². The molecule has 0 saturated carbocycles. The van der Waals surface area contributed by atoms with Crippen LogP contribution in [0.2, 0.25) is 0 Å². The first kappa shape index (κ1) is 19.4. The molecule has 0 unspecified atom stereocenters. The summed E-state index contributed by atoms with van der Waals surface area (Å²) in [6.07, 6.45) is 10.4. The summed E-state index contributed by atoms with van der Waals surface area (Å²) in [6.45, 7) is 5.58. The van der Waals surface area contributed by atoms with E-state index in [4.69, 9.17) is 0 Å². The van der Waals surface area contributed by atoms with Gasteiger partial charge in [-0.05, 0) is 74.1 Å². The molecule has 1 N–H and O–H groups in total. The summed E-state index contributed by atoms with van der Waals surface area (Å²) in [5.41, 5.74) is 6.47. The van der Waals surface area contributed by atoms with E-state index in [9.17, 15) is 4.39 Å². The number of para-hydroxylation sites is 1. The van der Waals surface area contributed by atoms with Gasteiger partial charge in [-0.25, -0.2) is 4.39 Å². The van der Waals surface area contributed by atoms with Crippen molar-refractivity contribution in [3.8, 4) is 0 Å². The number of aryl methyl sites for hydroxylation is 1. The molecule has 0 radical (unpaired) electrons. The largest absolute Gasteiger partial charge is 0.371 e. The topological polar surface area (TPSA) is 22.3 Å². The summed E-state index contributed by atoms with van der Waals surface area (Å²) >= 11 is 0. The average Bonchev–Trinajstić information content (AvgIpc) is 3.20. The standard InChI is InChI=1S/C26H30FN3/c27-22-9-10-25-23(18-22)24(19-28-25)20-11-16-29(17-12-20)13-3-4-14-30-15-5-7-21-6-1-2-8-26(21)30/h1-2,6,8-11,18-19,28H,3-5,7,12-17H2. The quantitative estimate of drug-likeness (QED) is 0.539. The lowest BCUT2D eigenvalue weighted by Crippen LogP contribution is -2.32. The Balaban J connectivity index is 1.13. The number of nitrogens with zero attached hydrogens (tertiary/aromatic N) is 2. The highest BCUT2D eigenvalue weighted by Gasteiger charge is 2.17. The molecule has 3 aromatic rings. The van der Waals surface area contributed by atoms with E-state index in [-0.39, 0.29) is 5.82 Å². The zero-order valence-corrected chi connectivity index (χ0v) is 17.5. The second kappa shape index (κ2) is 8.65. The number of benzene rings is 2. The fourth-order valence-corrected chi connectivity index (χ4v) is 5.00. The molecule has 2 aliphatic rings. The molecular formula is C26H30FN3. The van der Waals surface area contributed by atoms with E-state index in [1.165, 1.54) is 55.1 Å². The minimum absolute atomic E-state index is 0.169. The number of halogens is 1. The van der Waals surface area contributed by atoms with E-state index in [0.29, 0.717) is 0 Å². The van der Waals surface area contributed by atoms with Crippen LogP contribution in [0.1, 0.15) is 36.8 Å². The minimum Gasteiger partial charge on any atom is -0.371 e. The molecule has 5 rings (SSSR count). The van der Waals surface area contributed by atoms with E-state index < -0.39 is 0 Å². The molecule has 0 amide bonds. The first-order chi connectivity index (χ1) is 14.8. The molecule has 0 aliphatic carbocycles. The van der Waals surface area contributed by atoms with Gasteiger partial charge >= 0.3 is 0 Å². The van der Waals surface area contributed by atoms with Crippen LogP contribution in [0.25, 0.3) is 16.5 Å². The van der Waals surface area contributed by atoms with Gasteiger partial charge in [0.05, 0.1) is 0 Å². The molecule has 30 heavy (non-hydrogen) atoms. The molecule has 0 fully saturated rings. The molecule has 3 nitrogen and oxygen atoms in total. The summed E-state index contributed by atoms with van der Waals surface area (Å²) < 4.78 is 13.7. The number of unbranched alkanes of at least 4 members (excludes halogenated alkanes) is 1. The Bertz CT molecular complexity index is 1050. The zero-order valence-electron chi connectivity index (χ0n) is 17.5. The van der Waals surface area contributed by atoms with Gasteiger partial charge in [-0.1, -0.05) is 24.3 Å². The van der Waals surface area contributed by atoms with Crippen LogP contribution < -0.4 is 4.90 Å². The normalized spacial score (nSPS) is 17.2. The molecule has 2 aromatic carbocycles. The molecule has 3 heterocycles. The van der Waals surface area contributed by atoms with Crippen LogP contribution >= 0.6 is 0 Å². The lowest BCUT2D eigenvalue weighted by atomic mass is 9.98. The SMILES string of the molecule is Fc1ccc2[nH]cc(C3=CCN(CCCCN4CCCc5ccccc54)CC3)c2c1. The van der Waals surface area contributed by atoms with Gasteiger partial charge in [0.2, 0.25) is 0 Å². The van der Waals surface area contributed by atoms with Gasteiger partial charge in [-0.3, -0.25) is 4.90 Å². The van der Waals surface area contributed by atoms with Crippen molar-refractivity contribution in [2.24, 2.45) is 0 Å². The predicted octanol–water partition coefficient (Wildman–Crippen LogP) is 5.63. The van der Waals surface area contributed by atoms with E-state index in [1.807, 2.05) is 12.3 Å². The number of rotatable bonds is 6. The number of aromatic amines is 1. The number of fused-ring (bicyclic) bond motifs is 2. The van der Waals surface area contributed by atoms with E-state index in [1.54, 1.807) is 6.07 Å². The zero-order chi connectivity index (χ0) is 20.3. The molecule has 1 aromatic heterocycles. The number of nitrogens with one attached hydrogen (secondary N) is 1. The Hall–Kier alpha value is -2.59. The fourth-order valence-electron chi connectivity index (χ4n) is 5.00. The summed E-state index contributed by atoms with van der Waals surface area (Å²) in [4.78, 5) is 8.40. The Kier molecular flexibility index (Phi) is 5.58. The van der Waals surface area contributed by atoms with Crippen molar-refractivity contribution in [1.82, 2.24) is 9.88 Å². The Morgan fingerprint density at radius 1 is 0.967 bits per heavy atom. The fraction of sp³-hybridized carbons (Fsp3) is 0.385. The second-order valence-corrected chi connectivity index (χ2v) is 8.60. The first-order valence-corrected chi connectivity index (χ1v) is 11.3. The molecule has 0 spiro atoms. The van der Waals surface area contributed by atoms with Gasteiger partial charge in [-0.2, -0.15) is 0 Å². The molecule has 0 bridgehead atoms. The first-order valence-electron chi connectivity index (χ1n) is 11.3. The lowest BCUT2D eigenvalue weighted by molar-refractivity contribution is 0.295. The number of hydrogen-bond donors (Lipinski definition) is 1. The molecule has 0 atom stereocenters. The summed E-state index contributed by atoms with van der Waals surface area (Å²) in [5.74, 6) is -0.169. The second-order valence-electron chi connectivity index (χ2n) is 8.60. The van der Waals surface area contributed by atoms with Crippen LogP contribution in [0.3, 0.4) is 0 Å². The number of H-pyrrole nitrogens is 1. The Labute approximate surface area is 178 Å². The maximum absolute atomic E-state index is 13.7. The third-order valence-corrected chi connectivity index (χ3v) is 6.64. The highest BCUT2D eigenvalue weighted by Crippen LogP contribution is 2.30. The highest BCUT2D eigenvalue weighted by molar-refractivity contribution is 5.92. The molecule has 2 aliphatic heterocycles. The number of hydrogen-bond acceptors (Lipinski definition) is 2. The molecular weight excluding hydrogens is 373 g/mol. The van der Waals surface area contributed by atoms with Crippen LogP contribution in [0.15, 0.2) is 54.7 Å². The van der Waals surface area contributed by atoms with Gasteiger partial charge in [0.15, 0.2) is 0 Å². The van der Waals surface area contributed by atoms with Crippen molar-refractivity contribution >= 4 is 22.2 Å². The predicted molar refractivity (Wildman–Crippen MR) is 124 cm³/mol. The van der Waals surface area contributed by atoms with Crippen molar-refractivity contribution in [2.45, 2.75) is 32.1 Å². The van der Waals surface area contributed by atoms with Crippen LogP contribution in [0, 0.1) is 5.82 Å². The van der Waals surface area contributed by atoms with Crippen LogP contribution in [-0.2, 0) is 6.42 Å². The van der Waals surface area contributed by atoms with Gasteiger partial charge in [0.1, 0.15) is 5.82 Å². The smallest absolute Gasteiger partial charge is 0.123 e. The molecule has 156 valence electrons. The van der Waals surface area contributed by atoms with Crippen LogP contribution in [0.4, 0.5) is 10.1 Å². The van der Waals surface area contributed by atoms with Gasteiger partial charge in [0, 0.05) is 54.5 Å². The van der Waals surface area contributed by atoms with Crippen LogP contribution in [-0.4, -0.2) is 42.6 Å². The monoisotopic (exact) mass is 403 g/mol. The minimum atomic E-state index is -0.169. The van der Waals surface area contributed by atoms with Gasteiger partial charge < -0.3 is 9.88 Å².